The molecule has 1 aromatic heterocycles. The summed E-state index contributed by atoms with van der Waals surface area (Å²) in [6.45, 7) is 0.752. The molecule has 2 rings (SSSR count). The predicted octanol–water partition coefficient (Wildman–Crippen LogP) is 2.21. The third-order valence-corrected chi connectivity index (χ3v) is 2.31. The molecule has 0 saturated carbocycles. The van der Waals surface area contributed by atoms with E-state index in [2.05, 4.69) is 15.4 Å². The van der Waals surface area contributed by atoms with E-state index in [-0.39, 0.29) is 0 Å². The van der Waals surface area contributed by atoms with E-state index >= 15 is 0 Å². The van der Waals surface area contributed by atoms with Crippen molar-refractivity contribution in [1.82, 2.24) is 15.4 Å². The molecule has 0 atom stereocenters. The van der Waals surface area contributed by atoms with Gasteiger partial charge in [0.1, 0.15) is 5.75 Å². The highest BCUT2D eigenvalue weighted by atomic mass is 16.5. The van der Waals surface area contributed by atoms with Crippen LogP contribution in [0.25, 0.3) is 0 Å². The Labute approximate surface area is 94.6 Å². The number of para-hydroxylation sites is 1. The van der Waals surface area contributed by atoms with Crippen LogP contribution in [-0.2, 0) is 6.42 Å². The van der Waals surface area contributed by atoms with E-state index < -0.39 is 0 Å². The monoisotopic (exact) mass is 217 g/mol. The number of nitrogens with one attached hydrogen (secondary N) is 1. The SMILES string of the molecule is c1ccc(OCCCCc2c[nH]nn2)cc1. The number of hydrogen-bond acceptors (Lipinski definition) is 3. The largest absolute Gasteiger partial charge is 0.494 e. The quantitative estimate of drug-likeness (QED) is 0.755. The fourth-order valence-corrected chi connectivity index (χ4v) is 1.46. The Morgan fingerprint density at radius 3 is 2.75 bits per heavy atom. The zero-order valence-corrected chi connectivity index (χ0v) is 9.10. The van der Waals surface area contributed by atoms with Crippen LogP contribution in [0.5, 0.6) is 5.75 Å². The summed E-state index contributed by atoms with van der Waals surface area (Å²) >= 11 is 0. The first-order valence-corrected chi connectivity index (χ1v) is 5.48. The van der Waals surface area contributed by atoms with Crippen molar-refractivity contribution in [3.63, 3.8) is 0 Å². The van der Waals surface area contributed by atoms with Gasteiger partial charge in [-0.1, -0.05) is 23.4 Å². The van der Waals surface area contributed by atoms with Gasteiger partial charge in [0.25, 0.3) is 0 Å². The van der Waals surface area contributed by atoms with E-state index in [9.17, 15) is 0 Å². The molecule has 0 saturated heterocycles. The first kappa shape index (κ1) is 10.7. The van der Waals surface area contributed by atoms with Crippen LogP contribution in [0.1, 0.15) is 18.5 Å². The normalized spacial score (nSPS) is 10.2. The van der Waals surface area contributed by atoms with Crippen molar-refractivity contribution in [2.75, 3.05) is 6.61 Å². The minimum atomic E-state index is 0.752. The molecule has 84 valence electrons. The highest BCUT2D eigenvalue weighted by Crippen LogP contribution is 2.09. The van der Waals surface area contributed by atoms with Gasteiger partial charge in [-0.15, -0.1) is 5.10 Å². The summed E-state index contributed by atoms with van der Waals surface area (Å²) in [4.78, 5) is 0. The Morgan fingerprint density at radius 1 is 1.12 bits per heavy atom. The van der Waals surface area contributed by atoms with Crippen LogP contribution in [0, 0.1) is 0 Å². The van der Waals surface area contributed by atoms with Crippen molar-refractivity contribution in [1.29, 1.82) is 0 Å². The zero-order chi connectivity index (χ0) is 11.1. The van der Waals surface area contributed by atoms with E-state index in [4.69, 9.17) is 4.74 Å². The highest BCUT2D eigenvalue weighted by Gasteiger charge is 1.96. The van der Waals surface area contributed by atoms with E-state index in [1.165, 1.54) is 0 Å². The van der Waals surface area contributed by atoms with Crippen LogP contribution < -0.4 is 4.74 Å². The first-order chi connectivity index (χ1) is 7.95. The Morgan fingerprint density at radius 2 is 2.00 bits per heavy atom. The smallest absolute Gasteiger partial charge is 0.119 e. The maximum Gasteiger partial charge on any atom is 0.119 e. The standard InChI is InChI=1S/C12H15N3O/c1-2-7-12(8-3-1)16-9-5-4-6-11-10-13-15-14-11/h1-3,7-8,10H,4-6,9H2,(H,13,14,15). The molecule has 0 fully saturated rings. The first-order valence-electron chi connectivity index (χ1n) is 5.48. The van der Waals surface area contributed by atoms with Gasteiger partial charge in [-0.3, -0.25) is 5.10 Å². The molecule has 0 amide bonds. The van der Waals surface area contributed by atoms with Gasteiger partial charge in [0.05, 0.1) is 12.3 Å². The molecule has 0 aliphatic heterocycles. The Balaban J connectivity index is 1.59. The Kier molecular flexibility index (Phi) is 3.94. The van der Waals surface area contributed by atoms with Crippen molar-refractivity contribution in [2.24, 2.45) is 0 Å². The lowest BCUT2D eigenvalue weighted by Gasteiger charge is -2.04. The number of nitrogens with zero attached hydrogens (tertiary/aromatic N) is 2. The van der Waals surface area contributed by atoms with Crippen LogP contribution in [0.15, 0.2) is 36.5 Å². The molecule has 0 aliphatic carbocycles. The van der Waals surface area contributed by atoms with Gasteiger partial charge in [-0.05, 0) is 31.4 Å². The molecule has 4 heteroatoms. The van der Waals surface area contributed by atoms with Gasteiger partial charge in [0.15, 0.2) is 0 Å². The van der Waals surface area contributed by atoms with Gasteiger partial charge >= 0.3 is 0 Å². The molecular weight excluding hydrogens is 202 g/mol. The summed E-state index contributed by atoms with van der Waals surface area (Å²) in [5.41, 5.74) is 1.01. The van der Waals surface area contributed by atoms with Crippen LogP contribution in [0.2, 0.25) is 0 Å². The Hall–Kier alpha value is -1.84. The summed E-state index contributed by atoms with van der Waals surface area (Å²) < 4.78 is 5.58. The molecule has 0 unspecified atom stereocenters. The lowest BCUT2D eigenvalue weighted by atomic mass is 10.2. The zero-order valence-electron chi connectivity index (χ0n) is 9.10. The summed E-state index contributed by atoms with van der Waals surface area (Å²) in [6, 6.07) is 9.88. The number of aromatic nitrogens is 3. The van der Waals surface area contributed by atoms with Crippen molar-refractivity contribution in [3.05, 3.63) is 42.2 Å². The fraction of sp³-hybridized carbons (Fsp3) is 0.333. The van der Waals surface area contributed by atoms with Crippen LogP contribution >= 0.6 is 0 Å². The second kappa shape index (κ2) is 5.90. The van der Waals surface area contributed by atoms with E-state index in [1.807, 2.05) is 36.5 Å². The van der Waals surface area contributed by atoms with Gasteiger partial charge in [0.2, 0.25) is 0 Å². The van der Waals surface area contributed by atoms with Gasteiger partial charge in [-0.25, -0.2) is 0 Å². The van der Waals surface area contributed by atoms with E-state index in [0.717, 1.165) is 37.3 Å². The number of ether oxygens (including phenoxy) is 1. The summed E-state index contributed by atoms with van der Waals surface area (Å²) in [7, 11) is 0. The second-order valence-corrected chi connectivity index (χ2v) is 3.58. The van der Waals surface area contributed by atoms with Crippen molar-refractivity contribution in [3.8, 4) is 5.75 Å². The van der Waals surface area contributed by atoms with Gasteiger partial charge in [0, 0.05) is 6.20 Å². The fourth-order valence-electron chi connectivity index (χ4n) is 1.46. The van der Waals surface area contributed by atoms with E-state index in [0.29, 0.717) is 0 Å². The number of rotatable bonds is 6. The number of unbranched alkanes of at least 4 members (excludes halogenated alkanes) is 1. The third-order valence-electron chi connectivity index (χ3n) is 2.31. The average Bonchev–Trinajstić information content (AvgIpc) is 2.83. The minimum absolute atomic E-state index is 0.752. The van der Waals surface area contributed by atoms with Gasteiger partial charge in [-0.2, -0.15) is 0 Å². The maximum absolute atomic E-state index is 5.58. The number of aromatic amines is 1. The van der Waals surface area contributed by atoms with Crippen molar-refractivity contribution < 1.29 is 4.74 Å². The lowest BCUT2D eigenvalue weighted by molar-refractivity contribution is 0.307. The molecule has 0 spiro atoms. The highest BCUT2D eigenvalue weighted by molar-refractivity contribution is 5.20. The molecule has 0 aliphatic rings. The molecule has 4 nitrogen and oxygen atoms in total. The van der Waals surface area contributed by atoms with E-state index in [1.54, 1.807) is 0 Å². The van der Waals surface area contributed by atoms with Crippen LogP contribution in [-0.4, -0.2) is 22.0 Å². The number of hydrogen-bond donors (Lipinski definition) is 1. The molecule has 0 bridgehead atoms. The number of aryl methyl sites for hydroxylation is 1. The molecule has 1 aromatic carbocycles. The molecular formula is C12H15N3O. The minimum Gasteiger partial charge on any atom is -0.494 e. The average molecular weight is 217 g/mol. The van der Waals surface area contributed by atoms with Crippen molar-refractivity contribution >= 4 is 0 Å². The summed E-state index contributed by atoms with van der Waals surface area (Å²) in [5.74, 6) is 0.934. The van der Waals surface area contributed by atoms with Crippen molar-refractivity contribution in [2.45, 2.75) is 19.3 Å². The second-order valence-electron chi connectivity index (χ2n) is 3.58. The molecule has 16 heavy (non-hydrogen) atoms. The molecule has 1 heterocycles. The molecule has 2 aromatic rings. The summed E-state index contributed by atoms with van der Waals surface area (Å²) in [6.07, 6.45) is 4.88. The topological polar surface area (TPSA) is 50.8 Å². The molecule has 0 radical (unpaired) electrons. The number of benzene rings is 1. The summed E-state index contributed by atoms with van der Waals surface area (Å²) in [5, 5.41) is 10.3. The Bertz CT molecular complexity index is 386. The maximum atomic E-state index is 5.58. The van der Waals surface area contributed by atoms with Crippen LogP contribution in [0.4, 0.5) is 0 Å². The lowest BCUT2D eigenvalue weighted by Crippen LogP contribution is -1.98. The molecule has 1 N–H and O–H groups in total. The number of H-pyrrole nitrogens is 1. The van der Waals surface area contributed by atoms with Gasteiger partial charge < -0.3 is 4.74 Å². The van der Waals surface area contributed by atoms with Crippen LogP contribution in [0.3, 0.4) is 0 Å². The predicted molar refractivity (Wildman–Crippen MR) is 61.3 cm³/mol. The third kappa shape index (κ3) is 3.38.